The Bertz CT molecular complexity index is 1670. The van der Waals surface area contributed by atoms with Crippen LogP contribution in [0.1, 0.15) is 5.56 Å². The summed E-state index contributed by atoms with van der Waals surface area (Å²) in [5.74, 6) is 0. The number of benzene rings is 3. The van der Waals surface area contributed by atoms with Gasteiger partial charge in [0.1, 0.15) is 11.2 Å². The predicted molar refractivity (Wildman–Crippen MR) is 124 cm³/mol. The molecule has 1 aliphatic rings. The number of hydrogen-bond donors (Lipinski definition) is 3. The number of imidazole rings is 1. The first-order valence-electron chi connectivity index (χ1n) is 9.72. The van der Waals surface area contributed by atoms with Gasteiger partial charge in [0.25, 0.3) is 20.0 Å². The third-order valence-electron chi connectivity index (χ3n) is 5.19. The number of aromatic amines is 2. The van der Waals surface area contributed by atoms with Gasteiger partial charge >= 0.3 is 5.69 Å². The van der Waals surface area contributed by atoms with Crippen LogP contribution in [0, 0.1) is 0 Å². The number of sulfonamides is 2. The molecule has 3 N–H and O–H groups in total. The van der Waals surface area contributed by atoms with Crippen LogP contribution in [0.15, 0.2) is 85.7 Å². The van der Waals surface area contributed by atoms with Crippen LogP contribution in [0.5, 0.6) is 0 Å². The molecule has 1 aliphatic heterocycles. The summed E-state index contributed by atoms with van der Waals surface area (Å²) >= 11 is 0. The molecular weight excluding hydrogens is 466 g/mol. The molecule has 0 bridgehead atoms. The van der Waals surface area contributed by atoms with Gasteiger partial charge in [-0.3, -0.25) is 4.31 Å². The predicted octanol–water partition coefficient (Wildman–Crippen LogP) is 2.39. The van der Waals surface area contributed by atoms with Crippen LogP contribution >= 0.6 is 0 Å². The first-order valence-corrected chi connectivity index (χ1v) is 12.6. The fourth-order valence-corrected chi connectivity index (χ4v) is 6.12. The average Bonchev–Trinajstić information content (AvgIpc) is 3.17. The molecule has 0 unspecified atom stereocenters. The number of rotatable bonds is 5. The second-order valence-electron chi connectivity index (χ2n) is 7.32. The van der Waals surface area contributed by atoms with Crippen LogP contribution in [0.25, 0.3) is 11.0 Å². The van der Waals surface area contributed by atoms with E-state index in [9.17, 15) is 21.6 Å². The molecule has 33 heavy (non-hydrogen) atoms. The molecule has 3 aromatic carbocycles. The molecule has 0 atom stereocenters. The number of anilines is 2. The highest BCUT2D eigenvalue weighted by atomic mass is 32.2. The number of aromatic nitrogens is 2. The zero-order valence-corrected chi connectivity index (χ0v) is 18.5. The molecule has 5 rings (SSSR count). The van der Waals surface area contributed by atoms with E-state index in [2.05, 4.69) is 19.7 Å². The minimum Gasteiger partial charge on any atom is -0.345 e. The maximum Gasteiger partial charge on any atom is 0.323 e. The van der Waals surface area contributed by atoms with Gasteiger partial charge in [0.15, 0.2) is 0 Å². The lowest BCUT2D eigenvalue weighted by molar-refractivity contribution is 0.590. The smallest absolute Gasteiger partial charge is 0.323 e. The van der Waals surface area contributed by atoms with Gasteiger partial charge in [-0.25, -0.2) is 13.2 Å². The zero-order valence-electron chi connectivity index (χ0n) is 16.9. The first kappa shape index (κ1) is 21.0. The maximum absolute atomic E-state index is 13.8. The van der Waals surface area contributed by atoms with Gasteiger partial charge in [-0.05, 0) is 42.0 Å². The summed E-state index contributed by atoms with van der Waals surface area (Å²) in [6.07, 6.45) is 1.04. The van der Waals surface area contributed by atoms with Crippen molar-refractivity contribution in [1.29, 1.82) is 0 Å². The Balaban J connectivity index is 1.66. The normalized spacial score (nSPS) is 14.5. The van der Waals surface area contributed by atoms with Gasteiger partial charge in [-0.1, -0.05) is 30.3 Å². The molecule has 0 spiro atoms. The topological polar surface area (TPSA) is 145 Å². The number of fused-ring (bicyclic) bond motifs is 2. The Labute approximate surface area is 188 Å². The first-order chi connectivity index (χ1) is 15.7. The highest BCUT2D eigenvalue weighted by Crippen LogP contribution is 2.32. The number of nitrogens with one attached hydrogen (secondary N) is 3. The van der Waals surface area contributed by atoms with Crippen LogP contribution < -0.4 is 15.3 Å². The van der Waals surface area contributed by atoms with Crippen LogP contribution in [0.4, 0.5) is 11.4 Å². The molecule has 0 saturated heterocycles. The lowest BCUT2D eigenvalue weighted by atomic mass is 10.2. The van der Waals surface area contributed by atoms with Crippen molar-refractivity contribution in [2.75, 3.05) is 9.62 Å². The van der Waals surface area contributed by atoms with Crippen molar-refractivity contribution >= 4 is 48.8 Å². The van der Waals surface area contributed by atoms with E-state index in [4.69, 9.17) is 0 Å². The third kappa shape index (κ3) is 3.79. The summed E-state index contributed by atoms with van der Waals surface area (Å²) in [6, 6.07) is 17.5. The molecule has 0 amide bonds. The molecule has 12 heteroatoms. The van der Waals surface area contributed by atoms with Gasteiger partial charge in [0, 0.05) is 0 Å². The summed E-state index contributed by atoms with van der Waals surface area (Å²) in [5, 5.41) is 2.70. The van der Waals surface area contributed by atoms with E-state index >= 15 is 0 Å². The van der Waals surface area contributed by atoms with Crippen molar-refractivity contribution in [3.8, 4) is 0 Å². The Hall–Kier alpha value is -3.90. The third-order valence-corrected chi connectivity index (χ3v) is 8.23. The van der Waals surface area contributed by atoms with E-state index in [1.165, 1.54) is 16.4 Å². The molecular formula is C21H17N5O5S2. The second kappa shape index (κ2) is 7.60. The van der Waals surface area contributed by atoms with Gasteiger partial charge in [0.2, 0.25) is 0 Å². The van der Waals surface area contributed by atoms with E-state index in [1.807, 2.05) is 6.07 Å². The Kier molecular flexibility index (Phi) is 4.83. The van der Waals surface area contributed by atoms with Crippen molar-refractivity contribution in [3.63, 3.8) is 0 Å². The van der Waals surface area contributed by atoms with E-state index < -0.39 is 25.7 Å². The van der Waals surface area contributed by atoms with Crippen molar-refractivity contribution in [2.45, 2.75) is 16.3 Å². The number of H-pyrrole nitrogens is 2. The second-order valence-corrected chi connectivity index (χ2v) is 10.8. The van der Waals surface area contributed by atoms with Crippen LogP contribution in [-0.2, 0) is 26.6 Å². The molecule has 0 fully saturated rings. The van der Waals surface area contributed by atoms with Crippen molar-refractivity contribution in [3.05, 3.63) is 82.8 Å². The molecule has 0 radical (unpaired) electrons. The molecule has 2 heterocycles. The lowest BCUT2D eigenvalue weighted by Crippen LogP contribution is -2.31. The molecule has 0 aliphatic carbocycles. The van der Waals surface area contributed by atoms with Crippen LogP contribution in [-0.4, -0.2) is 33.1 Å². The monoisotopic (exact) mass is 483 g/mol. The summed E-state index contributed by atoms with van der Waals surface area (Å²) in [4.78, 5) is 16.5. The summed E-state index contributed by atoms with van der Waals surface area (Å²) in [5.41, 5.74) is 1.83. The summed E-state index contributed by atoms with van der Waals surface area (Å²) in [6.45, 7) is -0.0103. The minimum absolute atomic E-state index is 0.0103. The van der Waals surface area contributed by atoms with Crippen LogP contribution in [0.2, 0.25) is 0 Å². The molecule has 168 valence electrons. The Morgan fingerprint density at radius 1 is 0.909 bits per heavy atom. The quantitative estimate of drug-likeness (QED) is 0.398. The summed E-state index contributed by atoms with van der Waals surface area (Å²) < 4.78 is 56.8. The molecule has 0 saturated carbocycles. The SMILES string of the molecule is O=c1[nH]c2ccc(N(Cc3ccccc3)S(=O)(=O)c3ccc4c(c3)S(=O)(=O)N=CN4)cc2[nH]1. The highest BCUT2D eigenvalue weighted by molar-refractivity contribution is 7.93. The standard InChI is InChI=1S/C21H17N5O5S2/c27-21-24-17-8-6-15(10-19(17)25-21)26(12-14-4-2-1-3-5-14)33(30,31)16-7-9-18-20(11-16)32(28,29)23-13-22-18/h1-11,13H,12H2,(H,22,23)(H2,24,25,27). The van der Waals surface area contributed by atoms with E-state index in [0.29, 0.717) is 16.7 Å². The number of hydrogen-bond acceptors (Lipinski definition) is 6. The molecule has 4 aromatic rings. The van der Waals surface area contributed by atoms with Crippen molar-refractivity contribution in [2.24, 2.45) is 4.40 Å². The highest BCUT2D eigenvalue weighted by Gasteiger charge is 2.29. The molecule has 10 nitrogen and oxygen atoms in total. The van der Waals surface area contributed by atoms with E-state index in [0.717, 1.165) is 18.0 Å². The largest absolute Gasteiger partial charge is 0.345 e. The minimum atomic E-state index is -4.21. The van der Waals surface area contributed by atoms with Crippen LogP contribution in [0.3, 0.4) is 0 Å². The average molecular weight is 484 g/mol. The van der Waals surface area contributed by atoms with E-state index in [-0.39, 0.29) is 22.0 Å². The van der Waals surface area contributed by atoms with Gasteiger partial charge < -0.3 is 15.3 Å². The Morgan fingerprint density at radius 3 is 2.45 bits per heavy atom. The van der Waals surface area contributed by atoms with Crippen molar-refractivity contribution in [1.82, 2.24) is 9.97 Å². The van der Waals surface area contributed by atoms with Gasteiger partial charge in [0.05, 0.1) is 33.8 Å². The lowest BCUT2D eigenvalue weighted by Gasteiger charge is -2.25. The fourth-order valence-electron chi connectivity index (χ4n) is 3.59. The number of nitrogens with zero attached hydrogens (tertiary/aromatic N) is 2. The Morgan fingerprint density at radius 2 is 1.67 bits per heavy atom. The van der Waals surface area contributed by atoms with Crippen molar-refractivity contribution < 1.29 is 16.8 Å². The maximum atomic E-state index is 13.8. The zero-order chi connectivity index (χ0) is 23.2. The van der Waals surface area contributed by atoms with Gasteiger partial charge in [-0.15, -0.1) is 4.40 Å². The molecule has 1 aromatic heterocycles. The van der Waals surface area contributed by atoms with Gasteiger partial charge in [-0.2, -0.15) is 8.42 Å². The van der Waals surface area contributed by atoms with E-state index in [1.54, 1.807) is 42.5 Å². The fraction of sp³-hybridized carbons (Fsp3) is 0.0476. The summed E-state index contributed by atoms with van der Waals surface area (Å²) in [7, 11) is -8.23.